The summed E-state index contributed by atoms with van der Waals surface area (Å²) >= 11 is 2.93. The molecule has 0 fully saturated rings. The number of benzene rings is 2. The minimum absolute atomic E-state index is 0.430. The summed E-state index contributed by atoms with van der Waals surface area (Å²) in [5.74, 6) is 1.27. The number of thioether (sulfide) groups is 2. The number of rotatable bonds is 11. The minimum Gasteiger partial charge on any atom is -0.394 e. The summed E-state index contributed by atoms with van der Waals surface area (Å²) in [7, 11) is 0. The van der Waals surface area contributed by atoms with Crippen molar-refractivity contribution in [3.05, 3.63) is 71.8 Å². The lowest BCUT2D eigenvalue weighted by Gasteiger charge is -2.30. The standard InChI is InChI=1S/C20H26O5S2/c21-11-16(22)17(23)18(24)19(25)20(26-12-14-7-3-1-4-8-14)27-13-15-9-5-2-6-10-15/h1-10,16-25H,11-13H2/t16-,17+,18-,19+/m0/s1. The van der Waals surface area contributed by atoms with Crippen LogP contribution in [0.2, 0.25) is 0 Å². The zero-order valence-electron chi connectivity index (χ0n) is 14.8. The van der Waals surface area contributed by atoms with Crippen LogP contribution in [-0.4, -0.2) is 61.1 Å². The molecule has 2 rings (SSSR count). The second-order valence-electron chi connectivity index (χ2n) is 6.18. The lowest BCUT2D eigenvalue weighted by atomic mass is 10.0. The molecule has 0 spiro atoms. The maximum absolute atomic E-state index is 10.6. The molecule has 5 nitrogen and oxygen atoms in total. The lowest BCUT2D eigenvalue weighted by Crippen LogP contribution is -2.48. The van der Waals surface area contributed by atoms with Crippen molar-refractivity contribution in [3.8, 4) is 0 Å². The summed E-state index contributed by atoms with van der Waals surface area (Å²) < 4.78 is -0.430. The summed E-state index contributed by atoms with van der Waals surface area (Å²) in [5.41, 5.74) is 2.18. The minimum atomic E-state index is -1.62. The van der Waals surface area contributed by atoms with E-state index in [9.17, 15) is 20.4 Å². The van der Waals surface area contributed by atoms with Gasteiger partial charge in [0.05, 0.1) is 11.2 Å². The molecule has 0 heterocycles. The Morgan fingerprint density at radius 3 is 1.48 bits per heavy atom. The Balaban J connectivity index is 2.04. The maximum atomic E-state index is 10.6. The molecule has 7 heteroatoms. The van der Waals surface area contributed by atoms with Gasteiger partial charge < -0.3 is 25.5 Å². The van der Waals surface area contributed by atoms with Gasteiger partial charge in [-0.2, -0.15) is 0 Å². The first-order valence-corrected chi connectivity index (χ1v) is 10.8. The Labute approximate surface area is 168 Å². The van der Waals surface area contributed by atoms with Gasteiger partial charge in [-0.05, 0) is 11.1 Å². The highest BCUT2D eigenvalue weighted by Gasteiger charge is 2.35. The fraction of sp³-hybridized carbons (Fsp3) is 0.400. The largest absolute Gasteiger partial charge is 0.394 e. The van der Waals surface area contributed by atoms with Crippen molar-refractivity contribution in [1.82, 2.24) is 0 Å². The van der Waals surface area contributed by atoms with Crippen LogP contribution in [0.3, 0.4) is 0 Å². The van der Waals surface area contributed by atoms with E-state index < -0.39 is 35.6 Å². The first-order chi connectivity index (χ1) is 13.0. The molecular formula is C20H26O5S2. The van der Waals surface area contributed by atoms with Crippen LogP contribution in [0, 0.1) is 0 Å². The van der Waals surface area contributed by atoms with Crippen LogP contribution < -0.4 is 0 Å². The number of hydrogen-bond acceptors (Lipinski definition) is 7. The smallest absolute Gasteiger partial charge is 0.111 e. The Morgan fingerprint density at radius 1 is 0.630 bits per heavy atom. The molecule has 148 valence electrons. The average molecular weight is 411 g/mol. The SMILES string of the molecule is OC[C@H](O)[C@@H](O)[C@H](O)[C@@H](O)C(SCc1ccccc1)SCc1ccccc1. The first-order valence-electron chi connectivity index (χ1n) is 8.67. The predicted octanol–water partition coefficient (Wildman–Crippen LogP) is 1.62. The fourth-order valence-corrected chi connectivity index (χ4v) is 5.06. The Morgan fingerprint density at radius 2 is 1.07 bits per heavy atom. The topological polar surface area (TPSA) is 101 Å². The second kappa shape index (κ2) is 11.7. The van der Waals surface area contributed by atoms with Crippen LogP contribution in [0.5, 0.6) is 0 Å². The quantitative estimate of drug-likeness (QED) is 0.359. The average Bonchev–Trinajstić information content (AvgIpc) is 2.73. The molecule has 0 amide bonds. The number of aliphatic hydroxyl groups excluding tert-OH is 5. The Hall–Kier alpha value is -1.06. The van der Waals surface area contributed by atoms with Crippen LogP contribution in [-0.2, 0) is 11.5 Å². The summed E-state index contributed by atoms with van der Waals surface area (Å²) in [6.07, 6.45) is -5.97. The van der Waals surface area contributed by atoms with Crippen molar-refractivity contribution < 1.29 is 25.5 Å². The molecule has 0 aromatic heterocycles. The van der Waals surface area contributed by atoms with Crippen molar-refractivity contribution in [2.45, 2.75) is 40.5 Å². The van der Waals surface area contributed by atoms with Gasteiger partial charge in [0.25, 0.3) is 0 Å². The van der Waals surface area contributed by atoms with Gasteiger partial charge in [-0.1, -0.05) is 60.7 Å². The molecule has 0 saturated carbocycles. The molecular weight excluding hydrogens is 384 g/mol. The zero-order chi connectivity index (χ0) is 19.6. The third kappa shape index (κ3) is 7.12. The van der Waals surface area contributed by atoms with E-state index in [1.165, 1.54) is 23.5 Å². The van der Waals surface area contributed by atoms with Gasteiger partial charge in [0.15, 0.2) is 0 Å². The normalized spacial score (nSPS) is 16.1. The monoisotopic (exact) mass is 410 g/mol. The molecule has 27 heavy (non-hydrogen) atoms. The van der Waals surface area contributed by atoms with Crippen LogP contribution in [0.1, 0.15) is 11.1 Å². The number of aliphatic hydroxyl groups is 5. The molecule has 0 aliphatic heterocycles. The van der Waals surface area contributed by atoms with Gasteiger partial charge in [0.1, 0.15) is 24.4 Å². The van der Waals surface area contributed by atoms with Crippen LogP contribution in [0.4, 0.5) is 0 Å². The molecule has 0 unspecified atom stereocenters. The predicted molar refractivity (Wildman–Crippen MR) is 110 cm³/mol. The van der Waals surface area contributed by atoms with Crippen molar-refractivity contribution in [2.24, 2.45) is 0 Å². The molecule has 5 N–H and O–H groups in total. The third-order valence-corrected chi connectivity index (χ3v) is 7.11. The number of hydrogen-bond donors (Lipinski definition) is 5. The van der Waals surface area contributed by atoms with Gasteiger partial charge in [-0.25, -0.2) is 0 Å². The highest BCUT2D eigenvalue weighted by atomic mass is 32.2. The van der Waals surface area contributed by atoms with Gasteiger partial charge in [-0.3, -0.25) is 0 Å². The van der Waals surface area contributed by atoms with Crippen LogP contribution in [0.15, 0.2) is 60.7 Å². The fourth-order valence-electron chi connectivity index (χ4n) is 2.45. The van der Waals surface area contributed by atoms with Crippen LogP contribution in [0.25, 0.3) is 0 Å². The highest BCUT2D eigenvalue weighted by molar-refractivity contribution is 8.16. The van der Waals surface area contributed by atoms with Gasteiger partial charge in [-0.15, -0.1) is 23.5 Å². The zero-order valence-corrected chi connectivity index (χ0v) is 16.5. The van der Waals surface area contributed by atoms with E-state index >= 15 is 0 Å². The molecule has 0 aliphatic carbocycles. The molecule has 0 radical (unpaired) electrons. The van der Waals surface area contributed by atoms with E-state index in [4.69, 9.17) is 5.11 Å². The Kier molecular flexibility index (Phi) is 9.64. The van der Waals surface area contributed by atoms with E-state index in [0.29, 0.717) is 11.5 Å². The summed E-state index contributed by atoms with van der Waals surface area (Å²) in [6, 6.07) is 19.6. The van der Waals surface area contributed by atoms with Gasteiger partial charge in [0.2, 0.25) is 0 Å². The van der Waals surface area contributed by atoms with Crippen molar-refractivity contribution in [1.29, 1.82) is 0 Å². The molecule has 0 aliphatic rings. The van der Waals surface area contributed by atoms with E-state index in [-0.39, 0.29) is 0 Å². The van der Waals surface area contributed by atoms with Gasteiger partial charge in [0, 0.05) is 11.5 Å². The molecule has 4 atom stereocenters. The van der Waals surface area contributed by atoms with Gasteiger partial charge >= 0.3 is 0 Å². The van der Waals surface area contributed by atoms with Crippen LogP contribution >= 0.6 is 23.5 Å². The maximum Gasteiger partial charge on any atom is 0.111 e. The Bertz CT molecular complexity index is 600. The lowest BCUT2D eigenvalue weighted by molar-refractivity contribution is -0.111. The highest BCUT2D eigenvalue weighted by Crippen LogP contribution is 2.34. The summed E-state index contributed by atoms with van der Waals surface area (Å²) in [6.45, 7) is -0.691. The molecule has 2 aromatic carbocycles. The van der Waals surface area contributed by atoms with E-state index in [2.05, 4.69) is 0 Å². The molecule has 0 saturated heterocycles. The molecule has 2 aromatic rings. The van der Waals surface area contributed by atoms with E-state index in [0.717, 1.165) is 11.1 Å². The van der Waals surface area contributed by atoms with E-state index in [1.807, 2.05) is 60.7 Å². The summed E-state index contributed by atoms with van der Waals surface area (Å²) in [5, 5.41) is 49.3. The van der Waals surface area contributed by atoms with E-state index in [1.54, 1.807) is 0 Å². The van der Waals surface area contributed by atoms with Crippen molar-refractivity contribution in [2.75, 3.05) is 6.61 Å². The second-order valence-corrected chi connectivity index (χ2v) is 8.74. The summed E-state index contributed by atoms with van der Waals surface area (Å²) in [4.78, 5) is 0. The third-order valence-electron chi connectivity index (χ3n) is 4.07. The first kappa shape index (κ1) is 22.2. The van der Waals surface area contributed by atoms with Crippen molar-refractivity contribution in [3.63, 3.8) is 0 Å². The van der Waals surface area contributed by atoms with Crippen molar-refractivity contribution >= 4 is 23.5 Å². The molecule has 0 bridgehead atoms.